The molecule has 3 saturated heterocycles. The highest BCUT2D eigenvalue weighted by atomic mass is 16.6. The largest absolute Gasteiger partial charge is 0.466 e. The number of likely N-dealkylation sites (tertiary alicyclic amines) is 1. The number of nitrogens with zero attached hydrogens (tertiary/aromatic N) is 1. The minimum absolute atomic E-state index is 0.0163. The van der Waals surface area contributed by atoms with E-state index in [9.17, 15) is 19.5 Å². The zero-order chi connectivity index (χ0) is 22.4. The number of nitrogens with one attached hydrogen (secondary N) is 1. The Kier molecular flexibility index (Phi) is 6.22. The second kappa shape index (κ2) is 8.11. The fourth-order valence-electron chi connectivity index (χ4n) is 5.51. The average Bonchev–Trinajstić information content (AvgIpc) is 3.29. The van der Waals surface area contributed by atoms with Crippen molar-refractivity contribution in [1.82, 2.24) is 10.2 Å². The van der Waals surface area contributed by atoms with E-state index in [4.69, 9.17) is 9.47 Å². The Morgan fingerprint density at radius 1 is 1.37 bits per heavy atom. The van der Waals surface area contributed by atoms with Crippen LogP contribution in [-0.2, 0) is 23.9 Å². The molecule has 0 saturated carbocycles. The number of carbonyl (C=O) groups excluding carboxylic acids is 3. The highest BCUT2D eigenvalue weighted by Crippen LogP contribution is 2.59. The van der Waals surface area contributed by atoms with Gasteiger partial charge in [-0.25, -0.2) is 0 Å². The summed E-state index contributed by atoms with van der Waals surface area (Å²) >= 11 is 0. The Balaban J connectivity index is 2.07. The predicted octanol–water partition coefficient (Wildman–Crippen LogP) is 1.25. The summed E-state index contributed by atoms with van der Waals surface area (Å²) in [6, 6.07) is -1.41. The highest BCUT2D eigenvalue weighted by molar-refractivity contribution is 5.98. The van der Waals surface area contributed by atoms with Gasteiger partial charge in [-0.1, -0.05) is 20.3 Å². The van der Waals surface area contributed by atoms with Crippen LogP contribution in [0.15, 0.2) is 0 Å². The molecule has 1 spiro atoms. The van der Waals surface area contributed by atoms with Crippen LogP contribution in [0, 0.1) is 17.8 Å². The maximum absolute atomic E-state index is 13.7. The molecule has 3 aliphatic heterocycles. The van der Waals surface area contributed by atoms with Gasteiger partial charge in [0.25, 0.3) is 0 Å². The number of aliphatic hydroxyl groups is 1. The van der Waals surface area contributed by atoms with Crippen LogP contribution in [0.4, 0.5) is 0 Å². The Labute approximate surface area is 178 Å². The summed E-state index contributed by atoms with van der Waals surface area (Å²) in [6.07, 6.45) is 1.46. The second-order valence-corrected chi connectivity index (χ2v) is 9.93. The van der Waals surface area contributed by atoms with Crippen LogP contribution in [0.5, 0.6) is 0 Å². The quantitative estimate of drug-likeness (QED) is 0.596. The summed E-state index contributed by atoms with van der Waals surface area (Å²) in [5, 5.41) is 13.2. The molecule has 7 atom stereocenters. The van der Waals surface area contributed by atoms with Crippen molar-refractivity contribution in [1.29, 1.82) is 0 Å². The molecule has 8 heteroatoms. The summed E-state index contributed by atoms with van der Waals surface area (Å²) in [5.41, 5.74) is -1.56. The van der Waals surface area contributed by atoms with E-state index in [1.165, 1.54) is 4.90 Å². The number of esters is 1. The molecule has 0 aromatic carbocycles. The van der Waals surface area contributed by atoms with Gasteiger partial charge in [-0.05, 0) is 46.5 Å². The van der Waals surface area contributed by atoms with Crippen LogP contribution in [-0.4, -0.2) is 70.3 Å². The van der Waals surface area contributed by atoms with Crippen LogP contribution in [0.1, 0.15) is 60.8 Å². The van der Waals surface area contributed by atoms with Gasteiger partial charge < -0.3 is 24.8 Å². The van der Waals surface area contributed by atoms with Crippen LogP contribution in [0.25, 0.3) is 0 Å². The topological polar surface area (TPSA) is 105 Å². The molecule has 2 unspecified atom stereocenters. The average molecular weight is 425 g/mol. The minimum Gasteiger partial charge on any atom is -0.466 e. The van der Waals surface area contributed by atoms with Crippen molar-refractivity contribution in [2.24, 2.45) is 17.8 Å². The van der Waals surface area contributed by atoms with E-state index in [-0.39, 0.29) is 30.9 Å². The lowest BCUT2D eigenvalue weighted by Gasteiger charge is -2.40. The number of rotatable bonds is 7. The number of fused-ring (bicyclic) bond motifs is 1. The van der Waals surface area contributed by atoms with E-state index < -0.39 is 47.1 Å². The Hall–Kier alpha value is -1.67. The van der Waals surface area contributed by atoms with E-state index in [0.29, 0.717) is 12.8 Å². The van der Waals surface area contributed by atoms with Crippen molar-refractivity contribution in [3.05, 3.63) is 0 Å². The lowest BCUT2D eigenvalue weighted by molar-refractivity contribution is -0.156. The van der Waals surface area contributed by atoms with Gasteiger partial charge in [0.15, 0.2) is 0 Å². The smallest absolute Gasteiger partial charge is 0.312 e. The van der Waals surface area contributed by atoms with E-state index in [1.54, 1.807) is 6.92 Å². The van der Waals surface area contributed by atoms with Crippen molar-refractivity contribution in [2.75, 3.05) is 13.2 Å². The second-order valence-electron chi connectivity index (χ2n) is 9.93. The summed E-state index contributed by atoms with van der Waals surface area (Å²) in [6.45, 7) is 11.3. The molecular weight excluding hydrogens is 388 g/mol. The summed E-state index contributed by atoms with van der Waals surface area (Å²) in [7, 11) is 0. The van der Waals surface area contributed by atoms with Crippen LogP contribution < -0.4 is 5.32 Å². The monoisotopic (exact) mass is 424 g/mol. The number of hydrogen-bond acceptors (Lipinski definition) is 6. The lowest BCUT2D eigenvalue weighted by Crippen LogP contribution is -2.61. The molecule has 0 aromatic rings. The Morgan fingerprint density at radius 3 is 2.57 bits per heavy atom. The van der Waals surface area contributed by atoms with Gasteiger partial charge in [0.2, 0.25) is 11.8 Å². The van der Waals surface area contributed by atoms with Gasteiger partial charge in [-0.15, -0.1) is 0 Å². The summed E-state index contributed by atoms with van der Waals surface area (Å²) in [5.74, 6) is -2.52. The molecule has 2 bridgehead atoms. The highest BCUT2D eigenvalue weighted by Gasteiger charge is 2.75. The molecule has 8 nitrogen and oxygen atoms in total. The maximum atomic E-state index is 13.7. The normalized spacial score (nSPS) is 34.6. The molecule has 170 valence electrons. The van der Waals surface area contributed by atoms with Crippen LogP contribution in [0.2, 0.25) is 0 Å². The first-order valence-corrected chi connectivity index (χ1v) is 11.1. The summed E-state index contributed by atoms with van der Waals surface area (Å²) in [4.78, 5) is 41.5. The van der Waals surface area contributed by atoms with E-state index in [2.05, 4.69) is 5.32 Å². The lowest BCUT2D eigenvalue weighted by atomic mass is 9.70. The molecule has 2 N–H and O–H groups in total. The third kappa shape index (κ3) is 3.51. The predicted molar refractivity (Wildman–Crippen MR) is 109 cm³/mol. The molecular formula is C22H36N2O6. The molecule has 0 aliphatic carbocycles. The molecule has 3 fully saturated rings. The number of ether oxygens (including phenoxy) is 2. The molecule has 30 heavy (non-hydrogen) atoms. The van der Waals surface area contributed by atoms with Crippen LogP contribution in [0.3, 0.4) is 0 Å². The maximum Gasteiger partial charge on any atom is 0.312 e. The zero-order valence-corrected chi connectivity index (χ0v) is 18.9. The molecule has 3 aliphatic rings. The Bertz CT molecular complexity index is 704. The van der Waals surface area contributed by atoms with Gasteiger partial charge in [-0.2, -0.15) is 0 Å². The van der Waals surface area contributed by atoms with E-state index in [1.807, 2.05) is 34.6 Å². The number of amides is 2. The number of aliphatic hydroxyl groups excluding tert-OH is 1. The van der Waals surface area contributed by atoms with E-state index in [0.717, 1.165) is 6.42 Å². The van der Waals surface area contributed by atoms with Crippen molar-refractivity contribution in [3.63, 3.8) is 0 Å². The first-order valence-electron chi connectivity index (χ1n) is 11.1. The van der Waals surface area contributed by atoms with Gasteiger partial charge in [0.1, 0.15) is 11.6 Å². The van der Waals surface area contributed by atoms with Gasteiger partial charge >= 0.3 is 5.97 Å². The standard InChI is InChI=1S/C22H36N2O6/c1-7-12(3)13(11-25)24-17(18(26)23-21(4,5)6)22-10-9-14(30-22)15(16(22)19(24)27)20(28)29-8-2/h12-17,25H,7-11H2,1-6H3,(H,23,26)/t12-,13-,14+,15-,16-,17?,22?/m0/s1. The first kappa shape index (κ1) is 23.0. The third-order valence-electron chi connectivity index (χ3n) is 6.89. The zero-order valence-electron chi connectivity index (χ0n) is 18.9. The van der Waals surface area contributed by atoms with Crippen molar-refractivity contribution < 1.29 is 29.0 Å². The van der Waals surface area contributed by atoms with Crippen molar-refractivity contribution in [2.45, 2.75) is 90.1 Å². The van der Waals surface area contributed by atoms with Gasteiger partial charge in [0, 0.05) is 5.54 Å². The molecule has 0 radical (unpaired) electrons. The fraction of sp³-hybridized carbons (Fsp3) is 0.864. The molecule has 2 amide bonds. The van der Waals surface area contributed by atoms with Gasteiger partial charge in [-0.3, -0.25) is 14.4 Å². The molecule has 0 aromatic heterocycles. The summed E-state index contributed by atoms with van der Waals surface area (Å²) < 4.78 is 11.6. The van der Waals surface area contributed by atoms with Crippen molar-refractivity contribution >= 4 is 17.8 Å². The first-order chi connectivity index (χ1) is 14.0. The van der Waals surface area contributed by atoms with Crippen molar-refractivity contribution in [3.8, 4) is 0 Å². The van der Waals surface area contributed by atoms with Crippen LogP contribution >= 0.6 is 0 Å². The minimum atomic E-state index is -1.06. The fourth-order valence-corrected chi connectivity index (χ4v) is 5.51. The van der Waals surface area contributed by atoms with E-state index >= 15 is 0 Å². The number of carbonyl (C=O) groups is 3. The molecule has 3 heterocycles. The molecule has 3 rings (SSSR count). The Morgan fingerprint density at radius 2 is 2.03 bits per heavy atom. The SMILES string of the molecule is CCOC(=O)[C@@H]1[C@H]2C(=O)N([C@@H](CO)[C@@H](C)CC)C(C(=O)NC(C)(C)C)C23CC[C@H]1O3. The number of hydrogen-bond donors (Lipinski definition) is 2. The van der Waals surface area contributed by atoms with Gasteiger partial charge in [0.05, 0.1) is 37.2 Å². The third-order valence-corrected chi connectivity index (χ3v) is 6.89.